The summed E-state index contributed by atoms with van der Waals surface area (Å²) < 4.78 is 10.2. The van der Waals surface area contributed by atoms with Gasteiger partial charge in [0.25, 0.3) is 5.19 Å². The lowest BCUT2D eigenvalue weighted by Crippen LogP contribution is -2.34. The molecule has 2 aliphatic rings. The highest BCUT2D eigenvalue weighted by molar-refractivity contribution is 7.07. The fraction of sp³-hybridized carbons (Fsp3) is 0.800. The second-order valence-electron chi connectivity index (χ2n) is 4.26. The summed E-state index contributed by atoms with van der Waals surface area (Å²) in [5, 5.41) is 4.09. The minimum atomic E-state index is 0.339. The van der Waals surface area contributed by atoms with E-state index in [4.69, 9.17) is 4.74 Å². The molecule has 1 aliphatic heterocycles. The largest absolute Gasteiger partial charge is 0.466 e. The van der Waals surface area contributed by atoms with Crippen LogP contribution in [0.3, 0.4) is 0 Å². The molecule has 1 aromatic rings. The molecule has 1 aromatic heterocycles. The number of hydrogen-bond acceptors (Lipinski definition) is 5. The number of piperidine rings is 1. The molecule has 5 heteroatoms. The summed E-state index contributed by atoms with van der Waals surface area (Å²) in [6.45, 7) is 2.11. The van der Waals surface area contributed by atoms with Crippen LogP contribution in [-0.4, -0.2) is 28.6 Å². The topological polar surface area (TPSA) is 47.0 Å². The van der Waals surface area contributed by atoms with E-state index in [2.05, 4.69) is 14.7 Å². The Kier molecular flexibility index (Phi) is 2.58. The first kappa shape index (κ1) is 9.54. The lowest BCUT2D eigenvalue weighted by atomic mass is 10.1. The van der Waals surface area contributed by atoms with Gasteiger partial charge in [0.05, 0.1) is 0 Å². The van der Waals surface area contributed by atoms with E-state index in [1.807, 2.05) is 0 Å². The normalized spacial score (nSPS) is 22.9. The van der Waals surface area contributed by atoms with Gasteiger partial charge in [0, 0.05) is 17.5 Å². The van der Waals surface area contributed by atoms with E-state index in [-0.39, 0.29) is 0 Å². The van der Waals surface area contributed by atoms with E-state index >= 15 is 0 Å². The van der Waals surface area contributed by atoms with Crippen LogP contribution in [0.1, 0.15) is 37.4 Å². The second kappa shape index (κ2) is 4.06. The number of aromatic nitrogens is 2. The van der Waals surface area contributed by atoms with Crippen molar-refractivity contribution in [1.29, 1.82) is 0 Å². The lowest BCUT2D eigenvalue weighted by molar-refractivity contribution is 0.161. The van der Waals surface area contributed by atoms with Crippen LogP contribution in [0.4, 0.5) is 0 Å². The van der Waals surface area contributed by atoms with Gasteiger partial charge in [-0.3, -0.25) is 0 Å². The van der Waals surface area contributed by atoms with Gasteiger partial charge < -0.3 is 10.1 Å². The van der Waals surface area contributed by atoms with Crippen LogP contribution >= 0.6 is 11.5 Å². The number of ether oxygens (including phenoxy) is 1. The van der Waals surface area contributed by atoms with Crippen LogP contribution in [0.2, 0.25) is 0 Å². The average Bonchev–Trinajstić information content (AvgIpc) is 3.02. The predicted molar refractivity (Wildman–Crippen MR) is 58.4 cm³/mol. The fourth-order valence-corrected chi connectivity index (χ4v) is 2.51. The van der Waals surface area contributed by atoms with Gasteiger partial charge in [-0.15, -0.1) is 0 Å². The molecule has 2 fully saturated rings. The molecule has 0 atom stereocenters. The molecule has 0 aromatic carbocycles. The zero-order chi connectivity index (χ0) is 10.1. The highest BCUT2D eigenvalue weighted by Gasteiger charge is 2.28. The van der Waals surface area contributed by atoms with Crippen LogP contribution in [0.5, 0.6) is 5.19 Å². The molecule has 2 heterocycles. The molecule has 1 aliphatic carbocycles. The number of hydrogen-bond donors (Lipinski definition) is 1. The van der Waals surface area contributed by atoms with Crippen molar-refractivity contribution in [2.24, 2.45) is 0 Å². The molecule has 1 N–H and O–H groups in total. The van der Waals surface area contributed by atoms with E-state index in [1.54, 1.807) is 0 Å². The minimum Gasteiger partial charge on any atom is -0.466 e. The molecular weight excluding hydrogens is 210 g/mol. The third-order valence-corrected chi connectivity index (χ3v) is 3.54. The maximum absolute atomic E-state index is 5.82. The summed E-state index contributed by atoms with van der Waals surface area (Å²) in [6, 6.07) is 0. The Labute approximate surface area is 93.2 Å². The molecule has 82 valence electrons. The lowest BCUT2D eigenvalue weighted by Gasteiger charge is -2.21. The smallest absolute Gasteiger partial charge is 0.293 e. The molecule has 0 amide bonds. The van der Waals surface area contributed by atoms with Gasteiger partial charge >= 0.3 is 0 Å². The number of rotatable bonds is 3. The van der Waals surface area contributed by atoms with E-state index < -0.39 is 0 Å². The van der Waals surface area contributed by atoms with E-state index in [9.17, 15) is 0 Å². The first-order valence-corrected chi connectivity index (χ1v) is 6.40. The van der Waals surface area contributed by atoms with Crippen molar-refractivity contribution in [1.82, 2.24) is 14.7 Å². The van der Waals surface area contributed by atoms with Gasteiger partial charge in [-0.1, -0.05) is 0 Å². The zero-order valence-electron chi connectivity index (χ0n) is 8.61. The third-order valence-electron chi connectivity index (χ3n) is 2.92. The standard InChI is InChI=1S/C10H15N3OS/c1-2-7(1)9-12-10(15-13-9)14-8-3-5-11-6-4-8/h7-8,11H,1-6H2. The molecule has 0 spiro atoms. The molecule has 3 rings (SSSR count). The first-order chi connectivity index (χ1) is 7.42. The van der Waals surface area contributed by atoms with Crippen LogP contribution in [0.15, 0.2) is 0 Å². The first-order valence-electron chi connectivity index (χ1n) is 5.63. The van der Waals surface area contributed by atoms with Crippen LogP contribution < -0.4 is 10.1 Å². The van der Waals surface area contributed by atoms with Crippen LogP contribution in [0, 0.1) is 0 Å². The van der Waals surface area contributed by atoms with Gasteiger partial charge in [-0.2, -0.15) is 9.36 Å². The summed E-state index contributed by atoms with van der Waals surface area (Å²) in [7, 11) is 0. The minimum absolute atomic E-state index is 0.339. The second-order valence-corrected chi connectivity index (χ2v) is 4.97. The highest BCUT2D eigenvalue weighted by Crippen LogP contribution is 2.39. The summed E-state index contributed by atoms with van der Waals surface area (Å²) in [5.41, 5.74) is 0. The number of nitrogens with zero attached hydrogens (tertiary/aromatic N) is 2. The Hall–Kier alpha value is -0.680. The number of nitrogens with one attached hydrogen (secondary N) is 1. The zero-order valence-corrected chi connectivity index (χ0v) is 9.42. The third kappa shape index (κ3) is 2.29. The SMILES string of the molecule is C1CC(Oc2nc(C3CC3)ns2)CCN1. The Morgan fingerprint density at radius 3 is 2.73 bits per heavy atom. The van der Waals surface area contributed by atoms with Crippen molar-refractivity contribution in [3.05, 3.63) is 5.82 Å². The maximum atomic E-state index is 5.82. The van der Waals surface area contributed by atoms with Crippen molar-refractivity contribution >= 4 is 11.5 Å². The Balaban J connectivity index is 1.60. The maximum Gasteiger partial charge on any atom is 0.293 e. The van der Waals surface area contributed by atoms with E-state index in [1.165, 1.54) is 24.4 Å². The molecular formula is C10H15N3OS. The van der Waals surface area contributed by atoms with Gasteiger partial charge in [0.1, 0.15) is 11.9 Å². The molecule has 15 heavy (non-hydrogen) atoms. The molecule has 0 unspecified atom stereocenters. The molecule has 0 radical (unpaired) electrons. The molecule has 0 bridgehead atoms. The fourth-order valence-electron chi connectivity index (χ4n) is 1.83. The van der Waals surface area contributed by atoms with Crippen molar-refractivity contribution in [2.75, 3.05) is 13.1 Å². The Morgan fingerprint density at radius 1 is 1.20 bits per heavy atom. The van der Waals surface area contributed by atoms with E-state index in [0.717, 1.165) is 36.9 Å². The van der Waals surface area contributed by atoms with Crippen molar-refractivity contribution in [3.63, 3.8) is 0 Å². The monoisotopic (exact) mass is 225 g/mol. The summed E-state index contributed by atoms with van der Waals surface area (Å²) in [4.78, 5) is 4.43. The van der Waals surface area contributed by atoms with Gasteiger partial charge in [-0.25, -0.2) is 0 Å². The summed E-state index contributed by atoms with van der Waals surface area (Å²) in [6.07, 6.45) is 5.01. The summed E-state index contributed by atoms with van der Waals surface area (Å²) >= 11 is 1.41. The van der Waals surface area contributed by atoms with Crippen molar-refractivity contribution < 1.29 is 4.74 Å². The molecule has 1 saturated carbocycles. The van der Waals surface area contributed by atoms with E-state index in [0.29, 0.717) is 12.0 Å². The predicted octanol–water partition coefficient (Wildman–Crippen LogP) is 1.55. The van der Waals surface area contributed by atoms with Crippen molar-refractivity contribution in [3.8, 4) is 5.19 Å². The van der Waals surface area contributed by atoms with Crippen LogP contribution in [0.25, 0.3) is 0 Å². The molecule has 1 saturated heterocycles. The Bertz CT molecular complexity index is 331. The van der Waals surface area contributed by atoms with Gasteiger partial charge in [0.2, 0.25) is 0 Å². The summed E-state index contributed by atoms with van der Waals surface area (Å²) in [5.74, 6) is 1.63. The quantitative estimate of drug-likeness (QED) is 0.847. The van der Waals surface area contributed by atoms with Crippen molar-refractivity contribution in [2.45, 2.75) is 37.7 Å². The van der Waals surface area contributed by atoms with Gasteiger partial charge in [-0.05, 0) is 38.8 Å². The molecule has 4 nitrogen and oxygen atoms in total. The average molecular weight is 225 g/mol. The highest BCUT2D eigenvalue weighted by atomic mass is 32.1. The Morgan fingerprint density at radius 2 is 2.00 bits per heavy atom. The van der Waals surface area contributed by atoms with Crippen LogP contribution in [-0.2, 0) is 0 Å². The van der Waals surface area contributed by atoms with Gasteiger partial charge in [0.15, 0.2) is 0 Å².